The number of amides is 1. The van der Waals surface area contributed by atoms with E-state index in [1.165, 1.54) is 5.01 Å². The maximum Gasteiger partial charge on any atom is 0.339 e. The van der Waals surface area contributed by atoms with Crippen molar-refractivity contribution in [3.05, 3.63) is 66.2 Å². The predicted molar refractivity (Wildman–Crippen MR) is 95.2 cm³/mol. The zero-order valence-electron chi connectivity index (χ0n) is 13.0. The minimum atomic E-state index is -1.65. The number of ether oxygens (including phenoxy) is 1. The van der Waals surface area contributed by atoms with E-state index in [0.29, 0.717) is 17.0 Å². The molecule has 0 bridgehead atoms. The van der Waals surface area contributed by atoms with E-state index in [4.69, 9.17) is 4.74 Å². The number of nitrogens with zero attached hydrogens (tertiary/aromatic N) is 2. The Morgan fingerprint density at radius 2 is 1.71 bits per heavy atom. The second-order valence-electron chi connectivity index (χ2n) is 5.15. The Bertz CT molecular complexity index is 792. The normalized spacial score (nSPS) is 20.0. The van der Waals surface area contributed by atoms with Crippen LogP contribution >= 0.6 is 15.9 Å². The average Bonchev–Trinajstić information content (AvgIpc) is 2.90. The maximum absolute atomic E-state index is 13.0. The topological polar surface area (TPSA) is 59.0 Å². The van der Waals surface area contributed by atoms with Gasteiger partial charge >= 0.3 is 5.97 Å². The van der Waals surface area contributed by atoms with E-state index in [9.17, 15) is 9.59 Å². The van der Waals surface area contributed by atoms with E-state index >= 15 is 0 Å². The number of anilines is 1. The van der Waals surface area contributed by atoms with Gasteiger partial charge in [-0.25, -0.2) is 4.79 Å². The molecule has 6 heteroatoms. The third kappa shape index (κ3) is 2.63. The van der Waals surface area contributed by atoms with E-state index in [2.05, 4.69) is 21.0 Å². The summed E-state index contributed by atoms with van der Waals surface area (Å²) in [5.74, 6) is -1.16. The number of esters is 1. The lowest BCUT2D eigenvalue weighted by molar-refractivity contribution is -0.146. The van der Waals surface area contributed by atoms with Crippen LogP contribution in [-0.2, 0) is 14.3 Å². The number of carbonyl (C=O) groups excluding carboxylic acids is 2. The molecule has 0 saturated heterocycles. The van der Waals surface area contributed by atoms with Crippen LogP contribution in [-0.4, -0.2) is 28.5 Å². The number of carbonyl (C=O) groups is 2. The summed E-state index contributed by atoms with van der Waals surface area (Å²) in [6.45, 7) is 1.87. The Morgan fingerprint density at radius 1 is 1.12 bits per heavy atom. The summed E-state index contributed by atoms with van der Waals surface area (Å²) in [6, 6.07) is 18.1. The lowest BCUT2D eigenvalue weighted by Gasteiger charge is -2.20. The average molecular weight is 387 g/mol. The van der Waals surface area contributed by atoms with Gasteiger partial charge in [-0.2, -0.15) is 10.1 Å². The summed E-state index contributed by atoms with van der Waals surface area (Å²) in [6.07, 6.45) is 0. The molecular weight excluding hydrogens is 372 g/mol. The van der Waals surface area contributed by atoms with E-state index < -0.39 is 16.2 Å². The highest BCUT2D eigenvalue weighted by atomic mass is 79.9. The molecule has 3 rings (SSSR count). The van der Waals surface area contributed by atoms with Gasteiger partial charge in [0, 0.05) is 5.56 Å². The first-order valence-electron chi connectivity index (χ1n) is 7.49. The molecule has 122 valence electrons. The van der Waals surface area contributed by atoms with Gasteiger partial charge in [0.2, 0.25) is 4.32 Å². The molecule has 1 heterocycles. The van der Waals surface area contributed by atoms with E-state index in [0.717, 1.165) is 0 Å². The zero-order valence-corrected chi connectivity index (χ0v) is 14.6. The fourth-order valence-corrected chi connectivity index (χ4v) is 3.06. The minimum Gasteiger partial charge on any atom is -0.464 e. The van der Waals surface area contributed by atoms with Crippen molar-refractivity contribution in [2.24, 2.45) is 5.10 Å². The van der Waals surface area contributed by atoms with Crippen LogP contribution in [0, 0.1) is 0 Å². The molecule has 0 saturated carbocycles. The lowest BCUT2D eigenvalue weighted by Crippen LogP contribution is -2.49. The first-order chi connectivity index (χ1) is 11.6. The van der Waals surface area contributed by atoms with E-state index in [1.54, 1.807) is 43.3 Å². The molecule has 1 amide bonds. The number of hydrazone groups is 1. The van der Waals surface area contributed by atoms with Gasteiger partial charge in [0.1, 0.15) is 5.71 Å². The van der Waals surface area contributed by atoms with Crippen molar-refractivity contribution in [3.8, 4) is 0 Å². The summed E-state index contributed by atoms with van der Waals surface area (Å²) < 4.78 is 3.47. The summed E-state index contributed by atoms with van der Waals surface area (Å²) >= 11 is 3.32. The van der Waals surface area contributed by atoms with Crippen LogP contribution in [0.4, 0.5) is 5.69 Å². The lowest BCUT2D eigenvalue weighted by atomic mass is 9.96. The quantitative estimate of drug-likeness (QED) is 0.460. The number of para-hydroxylation sites is 1. The molecule has 2 aromatic carbocycles. The fourth-order valence-electron chi connectivity index (χ4n) is 2.47. The molecule has 24 heavy (non-hydrogen) atoms. The third-order valence-corrected chi connectivity index (χ3v) is 4.66. The van der Waals surface area contributed by atoms with E-state index in [-0.39, 0.29) is 6.61 Å². The number of benzene rings is 2. The first kappa shape index (κ1) is 16.4. The number of rotatable bonds is 4. The Labute approximate surface area is 148 Å². The van der Waals surface area contributed by atoms with Crippen molar-refractivity contribution in [2.45, 2.75) is 11.2 Å². The number of hydrogen-bond donors (Lipinski definition) is 0. The fraction of sp³-hybridized carbons (Fsp3) is 0.167. The van der Waals surface area contributed by atoms with Crippen LogP contribution in [0.15, 0.2) is 65.8 Å². The monoisotopic (exact) mass is 386 g/mol. The van der Waals surface area contributed by atoms with Crippen molar-refractivity contribution >= 4 is 39.2 Å². The molecule has 0 aliphatic carbocycles. The largest absolute Gasteiger partial charge is 0.464 e. The molecule has 0 aromatic heterocycles. The minimum absolute atomic E-state index is 0.173. The molecule has 0 fully saturated rings. The predicted octanol–water partition coefficient (Wildman–Crippen LogP) is 3.13. The standard InChI is InChI=1S/C18H15BrN2O3/c1-2-24-17(23)18(19)15(13-9-5-3-6-10-13)20-21(16(18)22)14-11-7-4-8-12-14/h3-12H,2H2,1H3. The van der Waals surface area contributed by atoms with Crippen molar-refractivity contribution in [2.75, 3.05) is 11.6 Å². The third-order valence-electron chi connectivity index (χ3n) is 3.62. The second kappa shape index (κ2) is 6.57. The molecule has 1 unspecified atom stereocenters. The number of halogens is 1. The zero-order chi connectivity index (χ0) is 17.2. The van der Waals surface area contributed by atoms with Gasteiger partial charge in [0.15, 0.2) is 0 Å². The smallest absolute Gasteiger partial charge is 0.339 e. The summed E-state index contributed by atoms with van der Waals surface area (Å²) in [5, 5.41) is 5.65. The van der Waals surface area contributed by atoms with Gasteiger partial charge in [-0.15, -0.1) is 0 Å². The molecule has 1 aliphatic rings. The van der Waals surface area contributed by atoms with Crippen LogP contribution < -0.4 is 5.01 Å². The molecule has 2 aromatic rings. The van der Waals surface area contributed by atoms with Gasteiger partial charge in [0.05, 0.1) is 12.3 Å². The molecule has 0 spiro atoms. The van der Waals surface area contributed by atoms with Crippen LogP contribution in [0.2, 0.25) is 0 Å². The van der Waals surface area contributed by atoms with Gasteiger partial charge in [-0.05, 0) is 19.1 Å². The van der Waals surface area contributed by atoms with Crippen molar-refractivity contribution in [3.63, 3.8) is 0 Å². The van der Waals surface area contributed by atoms with Gasteiger partial charge in [-0.3, -0.25) is 4.79 Å². The van der Waals surface area contributed by atoms with Crippen LogP contribution in [0.3, 0.4) is 0 Å². The number of alkyl halides is 1. The summed E-state index contributed by atoms with van der Waals surface area (Å²) in [5.41, 5.74) is 1.58. The highest BCUT2D eigenvalue weighted by molar-refractivity contribution is 9.11. The van der Waals surface area contributed by atoms with Crippen LogP contribution in [0.25, 0.3) is 0 Å². The Balaban J connectivity index is 2.12. The van der Waals surface area contributed by atoms with E-state index in [1.807, 2.05) is 24.3 Å². The first-order valence-corrected chi connectivity index (χ1v) is 8.28. The molecule has 1 atom stereocenters. The SMILES string of the molecule is CCOC(=O)C1(Br)C(=O)N(c2ccccc2)N=C1c1ccccc1. The van der Waals surface area contributed by atoms with Crippen LogP contribution in [0.1, 0.15) is 12.5 Å². The van der Waals surface area contributed by atoms with Gasteiger partial charge < -0.3 is 4.74 Å². The molecule has 5 nitrogen and oxygen atoms in total. The van der Waals surface area contributed by atoms with Crippen LogP contribution in [0.5, 0.6) is 0 Å². The Morgan fingerprint density at radius 3 is 2.29 bits per heavy atom. The Kier molecular flexibility index (Phi) is 4.49. The molecule has 1 aliphatic heterocycles. The van der Waals surface area contributed by atoms with Crippen molar-refractivity contribution in [1.29, 1.82) is 0 Å². The second-order valence-corrected chi connectivity index (χ2v) is 6.34. The Hall–Kier alpha value is -2.47. The highest BCUT2D eigenvalue weighted by Gasteiger charge is 2.57. The van der Waals surface area contributed by atoms with Crippen molar-refractivity contribution < 1.29 is 14.3 Å². The van der Waals surface area contributed by atoms with Gasteiger partial charge in [0.25, 0.3) is 5.91 Å². The van der Waals surface area contributed by atoms with Crippen molar-refractivity contribution in [1.82, 2.24) is 0 Å². The molecule has 0 radical (unpaired) electrons. The number of hydrogen-bond acceptors (Lipinski definition) is 4. The summed E-state index contributed by atoms with van der Waals surface area (Å²) in [7, 11) is 0. The van der Waals surface area contributed by atoms with Gasteiger partial charge in [-0.1, -0.05) is 64.5 Å². The molecule has 0 N–H and O–H groups in total. The maximum atomic E-state index is 13.0. The highest BCUT2D eigenvalue weighted by Crippen LogP contribution is 2.36. The molecular formula is C18H15BrN2O3. The summed E-state index contributed by atoms with van der Waals surface area (Å²) in [4.78, 5) is 25.5.